The average molecular weight is 328 g/mol. The molecule has 3 heterocycles. The predicted octanol–water partition coefficient (Wildman–Crippen LogP) is 1.23. The van der Waals surface area contributed by atoms with Crippen LogP contribution in [0.25, 0.3) is 0 Å². The van der Waals surface area contributed by atoms with E-state index in [2.05, 4.69) is 20.6 Å². The van der Waals surface area contributed by atoms with Crippen molar-refractivity contribution < 1.29 is 9.59 Å². The molecule has 0 saturated carbocycles. The molecule has 0 bridgehead atoms. The minimum atomic E-state index is -0.146. The SMILES string of the molecule is CCCN(Cc1nccn1C)C(=O)c1cnc2c(c1)NC(=O)CN2. The molecule has 0 radical (unpaired) electrons. The Balaban J connectivity index is 1.83. The van der Waals surface area contributed by atoms with E-state index in [0.29, 0.717) is 30.2 Å². The summed E-state index contributed by atoms with van der Waals surface area (Å²) >= 11 is 0. The highest BCUT2D eigenvalue weighted by Crippen LogP contribution is 2.23. The quantitative estimate of drug-likeness (QED) is 0.861. The van der Waals surface area contributed by atoms with E-state index < -0.39 is 0 Å². The molecule has 126 valence electrons. The number of imidazole rings is 1. The average Bonchev–Trinajstić information content (AvgIpc) is 2.98. The van der Waals surface area contributed by atoms with Gasteiger partial charge < -0.3 is 20.1 Å². The second-order valence-corrected chi connectivity index (χ2v) is 5.70. The molecule has 2 amide bonds. The number of carbonyl (C=O) groups is 2. The van der Waals surface area contributed by atoms with Crippen molar-refractivity contribution in [2.24, 2.45) is 7.05 Å². The van der Waals surface area contributed by atoms with Gasteiger partial charge in [-0.05, 0) is 12.5 Å². The molecule has 8 heteroatoms. The zero-order chi connectivity index (χ0) is 17.1. The molecule has 0 fully saturated rings. The van der Waals surface area contributed by atoms with Crippen molar-refractivity contribution in [2.45, 2.75) is 19.9 Å². The van der Waals surface area contributed by atoms with Crippen LogP contribution >= 0.6 is 0 Å². The summed E-state index contributed by atoms with van der Waals surface area (Å²) in [5.74, 6) is 1.12. The van der Waals surface area contributed by atoms with Gasteiger partial charge in [0, 0.05) is 32.2 Å². The number of pyridine rings is 1. The normalized spacial score (nSPS) is 13.0. The lowest BCUT2D eigenvalue weighted by Crippen LogP contribution is -2.33. The monoisotopic (exact) mass is 328 g/mol. The van der Waals surface area contributed by atoms with Gasteiger partial charge in [0.2, 0.25) is 5.91 Å². The van der Waals surface area contributed by atoms with Crippen LogP contribution in [0.5, 0.6) is 0 Å². The lowest BCUT2D eigenvalue weighted by Gasteiger charge is -2.23. The molecule has 1 aliphatic rings. The molecular weight excluding hydrogens is 308 g/mol. The molecule has 0 atom stereocenters. The Labute approximate surface area is 139 Å². The van der Waals surface area contributed by atoms with Gasteiger partial charge in [-0.2, -0.15) is 0 Å². The van der Waals surface area contributed by atoms with Gasteiger partial charge >= 0.3 is 0 Å². The Morgan fingerprint density at radius 2 is 2.25 bits per heavy atom. The van der Waals surface area contributed by atoms with Crippen LogP contribution in [0.3, 0.4) is 0 Å². The van der Waals surface area contributed by atoms with E-state index in [0.717, 1.165) is 12.2 Å². The van der Waals surface area contributed by atoms with Gasteiger partial charge in [0.05, 0.1) is 24.3 Å². The Kier molecular flexibility index (Phi) is 4.45. The topological polar surface area (TPSA) is 92.2 Å². The third-order valence-electron chi connectivity index (χ3n) is 3.86. The number of carbonyl (C=O) groups excluding carboxylic acids is 2. The summed E-state index contributed by atoms with van der Waals surface area (Å²) in [5.41, 5.74) is 0.978. The Morgan fingerprint density at radius 3 is 2.96 bits per heavy atom. The molecule has 2 aromatic heterocycles. The number of rotatable bonds is 5. The standard InChI is InChI=1S/C16H20N6O2/c1-3-5-22(10-13-17-4-6-21(13)2)16(24)11-7-12-15(18-8-11)19-9-14(23)20-12/h4,6-8H,3,5,9-10H2,1-2H3,(H,18,19)(H,20,23). The molecule has 1 aliphatic heterocycles. The second-order valence-electron chi connectivity index (χ2n) is 5.70. The molecule has 3 rings (SSSR count). The first kappa shape index (κ1) is 16.0. The van der Waals surface area contributed by atoms with Crippen molar-refractivity contribution in [2.75, 3.05) is 23.7 Å². The van der Waals surface area contributed by atoms with Gasteiger partial charge in [-0.1, -0.05) is 6.92 Å². The van der Waals surface area contributed by atoms with Gasteiger partial charge in [-0.15, -0.1) is 0 Å². The number of anilines is 2. The Bertz CT molecular complexity index is 770. The molecule has 8 nitrogen and oxygen atoms in total. The maximum Gasteiger partial charge on any atom is 0.255 e. The molecule has 0 unspecified atom stereocenters. The van der Waals surface area contributed by atoms with E-state index in [1.54, 1.807) is 17.2 Å². The number of amides is 2. The van der Waals surface area contributed by atoms with Crippen LogP contribution in [-0.2, 0) is 18.4 Å². The van der Waals surface area contributed by atoms with Crippen LogP contribution in [0.15, 0.2) is 24.7 Å². The second kappa shape index (κ2) is 6.69. The summed E-state index contributed by atoms with van der Waals surface area (Å²) in [6.45, 7) is 3.26. The fourth-order valence-corrected chi connectivity index (χ4v) is 2.60. The minimum absolute atomic E-state index is 0.130. The molecule has 0 saturated heterocycles. The Morgan fingerprint density at radius 1 is 1.42 bits per heavy atom. The number of nitrogens with one attached hydrogen (secondary N) is 2. The van der Waals surface area contributed by atoms with Crippen LogP contribution in [0, 0.1) is 0 Å². The summed E-state index contributed by atoms with van der Waals surface area (Å²) in [5, 5.41) is 5.64. The van der Waals surface area contributed by atoms with E-state index in [-0.39, 0.29) is 18.4 Å². The first-order valence-electron chi connectivity index (χ1n) is 7.87. The van der Waals surface area contributed by atoms with Crippen molar-refractivity contribution in [3.8, 4) is 0 Å². The van der Waals surface area contributed by atoms with Crippen molar-refractivity contribution in [1.29, 1.82) is 0 Å². The summed E-state index contributed by atoms with van der Waals surface area (Å²) in [7, 11) is 1.90. The highest BCUT2D eigenvalue weighted by molar-refractivity contribution is 6.02. The van der Waals surface area contributed by atoms with E-state index >= 15 is 0 Å². The van der Waals surface area contributed by atoms with Crippen LogP contribution < -0.4 is 10.6 Å². The largest absolute Gasteiger partial charge is 0.359 e. The zero-order valence-electron chi connectivity index (χ0n) is 13.7. The van der Waals surface area contributed by atoms with E-state index in [9.17, 15) is 9.59 Å². The highest BCUT2D eigenvalue weighted by Gasteiger charge is 2.21. The number of hydrogen-bond donors (Lipinski definition) is 2. The fraction of sp³-hybridized carbons (Fsp3) is 0.375. The highest BCUT2D eigenvalue weighted by atomic mass is 16.2. The van der Waals surface area contributed by atoms with Gasteiger partial charge in [0.1, 0.15) is 11.6 Å². The van der Waals surface area contributed by atoms with Crippen molar-refractivity contribution in [3.63, 3.8) is 0 Å². The van der Waals surface area contributed by atoms with Gasteiger partial charge in [0.15, 0.2) is 0 Å². The lowest BCUT2D eigenvalue weighted by molar-refractivity contribution is -0.114. The lowest BCUT2D eigenvalue weighted by atomic mass is 10.2. The molecular formula is C16H20N6O2. The fourth-order valence-electron chi connectivity index (χ4n) is 2.60. The minimum Gasteiger partial charge on any atom is -0.359 e. The third kappa shape index (κ3) is 3.22. The summed E-state index contributed by atoms with van der Waals surface area (Å²) in [6, 6.07) is 1.66. The summed E-state index contributed by atoms with van der Waals surface area (Å²) < 4.78 is 1.89. The first-order valence-corrected chi connectivity index (χ1v) is 7.87. The first-order chi connectivity index (χ1) is 11.6. The maximum atomic E-state index is 12.9. The predicted molar refractivity (Wildman–Crippen MR) is 89.6 cm³/mol. The van der Waals surface area contributed by atoms with Gasteiger partial charge in [-0.3, -0.25) is 9.59 Å². The number of aromatic nitrogens is 3. The summed E-state index contributed by atoms with van der Waals surface area (Å²) in [4.78, 5) is 34.6. The van der Waals surface area contributed by atoms with Crippen molar-refractivity contribution in [3.05, 3.63) is 36.0 Å². The Hall–Kier alpha value is -2.90. The van der Waals surface area contributed by atoms with Crippen LogP contribution in [0.2, 0.25) is 0 Å². The third-order valence-corrected chi connectivity index (χ3v) is 3.86. The molecule has 0 aromatic carbocycles. The maximum absolute atomic E-state index is 12.9. The van der Waals surface area contributed by atoms with Gasteiger partial charge in [-0.25, -0.2) is 9.97 Å². The molecule has 2 N–H and O–H groups in total. The van der Waals surface area contributed by atoms with E-state index in [4.69, 9.17) is 0 Å². The number of nitrogens with zero attached hydrogens (tertiary/aromatic N) is 4. The van der Waals surface area contributed by atoms with Gasteiger partial charge in [0.25, 0.3) is 5.91 Å². The number of aryl methyl sites for hydroxylation is 1. The molecule has 0 aliphatic carbocycles. The smallest absolute Gasteiger partial charge is 0.255 e. The molecule has 2 aromatic rings. The van der Waals surface area contributed by atoms with Crippen LogP contribution in [0.1, 0.15) is 29.5 Å². The molecule has 24 heavy (non-hydrogen) atoms. The van der Waals surface area contributed by atoms with Crippen LogP contribution in [0.4, 0.5) is 11.5 Å². The van der Waals surface area contributed by atoms with Crippen LogP contribution in [-0.4, -0.2) is 44.3 Å². The zero-order valence-corrected chi connectivity index (χ0v) is 13.7. The summed E-state index contributed by atoms with van der Waals surface area (Å²) in [6.07, 6.45) is 5.94. The van der Waals surface area contributed by atoms with E-state index in [1.807, 2.05) is 24.7 Å². The number of fused-ring (bicyclic) bond motifs is 1. The van der Waals surface area contributed by atoms with E-state index in [1.165, 1.54) is 6.20 Å². The van der Waals surface area contributed by atoms with Crippen molar-refractivity contribution in [1.82, 2.24) is 19.4 Å². The van der Waals surface area contributed by atoms with Crippen molar-refractivity contribution >= 4 is 23.3 Å². The number of hydrogen-bond acceptors (Lipinski definition) is 5. The molecule has 0 spiro atoms.